The van der Waals surface area contributed by atoms with Gasteiger partial charge in [0.05, 0.1) is 7.11 Å². The Bertz CT molecular complexity index is 445. The van der Waals surface area contributed by atoms with Gasteiger partial charge in [0.15, 0.2) is 11.5 Å². The van der Waals surface area contributed by atoms with Crippen molar-refractivity contribution in [1.82, 2.24) is 4.98 Å². The van der Waals surface area contributed by atoms with Crippen LogP contribution < -0.4 is 4.74 Å². The van der Waals surface area contributed by atoms with Crippen molar-refractivity contribution in [2.75, 3.05) is 7.11 Å². The lowest BCUT2D eigenvalue weighted by Gasteiger charge is -2.02. The maximum Gasteiger partial charge on any atom is 0.167 e. The first-order chi connectivity index (χ1) is 6.22. The molecule has 0 fully saturated rings. The number of hydrogen-bond donors (Lipinski definition) is 2. The summed E-state index contributed by atoms with van der Waals surface area (Å²) in [4.78, 5) is 3.14. The average molecular weight is 177 g/mol. The van der Waals surface area contributed by atoms with Crippen molar-refractivity contribution in [3.05, 3.63) is 23.9 Å². The van der Waals surface area contributed by atoms with Gasteiger partial charge < -0.3 is 14.8 Å². The minimum absolute atomic E-state index is 0.198. The average Bonchev–Trinajstić information content (AvgIpc) is 2.47. The second kappa shape index (κ2) is 2.69. The van der Waals surface area contributed by atoms with E-state index in [1.165, 1.54) is 0 Å². The number of rotatable bonds is 1. The van der Waals surface area contributed by atoms with Gasteiger partial charge in [0.1, 0.15) is 0 Å². The van der Waals surface area contributed by atoms with Gasteiger partial charge in [0.25, 0.3) is 0 Å². The van der Waals surface area contributed by atoms with E-state index in [0.29, 0.717) is 5.75 Å². The summed E-state index contributed by atoms with van der Waals surface area (Å²) in [5.74, 6) is 0.704. The molecule has 2 rings (SSSR count). The van der Waals surface area contributed by atoms with Crippen molar-refractivity contribution in [3.63, 3.8) is 0 Å². The fourth-order valence-corrected chi connectivity index (χ4v) is 1.47. The Morgan fingerprint density at radius 1 is 1.38 bits per heavy atom. The molecular formula is C10H11NO2. The van der Waals surface area contributed by atoms with Gasteiger partial charge in [0.2, 0.25) is 0 Å². The van der Waals surface area contributed by atoms with E-state index in [4.69, 9.17) is 4.74 Å². The van der Waals surface area contributed by atoms with E-state index in [1.807, 2.05) is 19.1 Å². The summed E-state index contributed by atoms with van der Waals surface area (Å²) in [6.07, 6.45) is 0. The van der Waals surface area contributed by atoms with Crippen molar-refractivity contribution in [2.45, 2.75) is 6.92 Å². The van der Waals surface area contributed by atoms with Crippen LogP contribution in [0.3, 0.4) is 0 Å². The second-order valence-corrected chi connectivity index (χ2v) is 3.03. The minimum atomic E-state index is 0.198. The molecule has 0 saturated heterocycles. The lowest BCUT2D eigenvalue weighted by atomic mass is 10.2. The van der Waals surface area contributed by atoms with Crippen molar-refractivity contribution >= 4 is 10.9 Å². The van der Waals surface area contributed by atoms with Crippen LogP contribution in [0.15, 0.2) is 18.2 Å². The molecule has 0 saturated carbocycles. The van der Waals surface area contributed by atoms with Gasteiger partial charge in [-0.25, -0.2) is 0 Å². The molecule has 2 aromatic rings. The van der Waals surface area contributed by atoms with E-state index in [2.05, 4.69) is 4.98 Å². The zero-order chi connectivity index (χ0) is 9.42. The largest absolute Gasteiger partial charge is 0.504 e. The zero-order valence-corrected chi connectivity index (χ0v) is 7.59. The van der Waals surface area contributed by atoms with Gasteiger partial charge in [-0.2, -0.15) is 0 Å². The predicted molar refractivity (Wildman–Crippen MR) is 51.3 cm³/mol. The van der Waals surface area contributed by atoms with Crippen LogP contribution in [0.4, 0.5) is 0 Å². The summed E-state index contributed by atoms with van der Waals surface area (Å²) in [5.41, 5.74) is 1.95. The fourth-order valence-electron chi connectivity index (χ4n) is 1.47. The molecule has 0 amide bonds. The van der Waals surface area contributed by atoms with E-state index in [1.54, 1.807) is 13.2 Å². The third kappa shape index (κ3) is 1.13. The van der Waals surface area contributed by atoms with Gasteiger partial charge in [-0.05, 0) is 25.1 Å². The Kier molecular flexibility index (Phi) is 1.65. The highest BCUT2D eigenvalue weighted by molar-refractivity contribution is 5.88. The van der Waals surface area contributed by atoms with Crippen LogP contribution in [-0.2, 0) is 0 Å². The molecule has 0 aliphatic heterocycles. The summed E-state index contributed by atoms with van der Waals surface area (Å²) in [7, 11) is 1.54. The summed E-state index contributed by atoms with van der Waals surface area (Å²) in [6, 6.07) is 5.53. The Labute approximate surface area is 76.0 Å². The van der Waals surface area contributed by atoms with Crippen LogP contribution in [0, 0.1) is 6.92 Å². The number of benzene rings is 1. The summed E-state index contributed by atoms with van der Waals surface area (Å²) in [5, 5.41) is 10.5. The number of phenols is 1. The van der Waals surface area contributed by atoms with E-state index in [0.717, 1.165) is 16.6 Å². The van der Waals surface area contributed by atoms with Gasteiger partial charge in [-0.3, -0.25) is 0 Å². The zero-order valence-electron chi connectivity index (χ0n) is 7.59. The van der Waals surface area contributed by atoms with Crippen molar-refractivity contribution in [2.24, 2.45) is 0 Å². The molecule has 1 aromatic heterocycles. The van der Waals surface area contributed by atoms with Gasteiger partial charge in [0, 0.05) is 16.6 Å². The van der Waals surface area contributed by atoms with Crippen LogP contribution in [0.25, 0.3) is 10.9 Å². The molecule has 0 aliphatic carbocycles. The molecule has 0 radical (unpaired) electrons. The number of ether oxygens (including phenoxy) is 1. The van der Waals surface area contributed by atoms with Crippen LogP contribution in [0.5, 0.6) is 11.5 Å². The standard InChI is InChI=1S/C10H11NO2/c1-6-5-7-8(11-6)3-4-9(13-2)10(7)12/h3-5,11-12H,1-2H3. The molecule has 13 heavy (non-hydrogen) atoms. The summed E-state index contributed by atoms with van der Waals surface area (Å²) >= 11 is 0. The van der Waals surface area contributed by atoms with E-state index >= 15 is 0 Å². The quantitative estimate of drug-likeness (QED) is 0.701. The third-order valence-electron chi connectivity index (χ3n) is 2.09. The monoisotopic (exact) mass is 177 g/mol. The highest BCUT2D eigenvalue weighted by Crippen LogP contribution is 2.34. The molecule has 0 unspecified atom stereocenters. The lowest BCUT2D eigenvalue weighted by molar-refractivity contribution is 0.376. The van der Waals surface area contributed by atoms with Crippen LogP contribution in [0.1, 0.15) is 5.69 Å². The summed E-state index contributed by atoms with van der Waals surface area (Å²) < 4.78 is 5.00. The molecule has 0 spiro atoms. The Balaban J connectivity index is 2.78. The predicted octanol–water partition coefficient (Wildman–Crippen LogP) is 2.19. The molecule has 0 atom stereocenters. The second-order valence-electron chi connectivity index (χ2n) is 3.03. The number of aryl methyl sites for hydroxylation is 1. The number of hydrogen-bond acceptors (Lipinski definition) is 2. The van der Waals surface area contributed by atoms with Crippen molar-refractivity contribution in [3.8, 4) is 11.5 Å². The highest BCUT2D eigenvalue weighted by atomic mass is 16.5. The minimum Gasteiger partial charge on any atom is -0.504 e. The lowest BCUT2D eigenvalue weighted by Crippen LogP contribution is -1.82. The highest BCUT2D eigenvalue weighted by Gasteiger charge is 2.07. The van der Waals surface area contributed by atoms with Crippen LogP contribution in [-0.4, -0.2) is 17.2 Å². The third-order valence-corrected chi connectivity index (χ3v) is 2.09. The van der Waals surface area contributed by atoms with Crippen LogP contribution in [0.2, 0.25) is 0 Å². The SMILES string of the molecule is COc1ccc2[nH]c(C)cc2c1O. The molecule has 68 valence electrons. The maximum atomic E-state index is 9.72. The van der Waals surface area contributed by atoms with E-state index in [-0.39, 0.29) is 5.75 Å². The van der Waals surface area contributed by atoms with E-state index < -0.39 is 0 Å². The summed E-state index contributed by atoms with van der Waals surface area (Å²) in [6.45, 7) is 1.95. The molecule has 0 bridgehead atoms. The van der Waals surface area contributed by atoms with Gasteiger partial charge in [-0.1, -0.05) is 0 Å². The molecule has 1 heterocycles. The fraction of sp³-hybridized carbons (Fsp3) is 0.200. The normalized spacial score (nSPS) is 10.6. The number of phenolic OH excluding ortho intramolecular Hbond substituents is 1. The van der Waals surface area contributed by atoms with Crippen molar-refractivity contribution in [1.29, 1.82) is 0 Å². The Hall–Kier alpha value is -1.64. The maximum absolute atomic E-state index is 9.72. The first-order valence-corrected chi connectivity index (χ1v) is 4.07. The molecule has 3 nitrogen and oxygen atoms in total. The first kappa shape index (κ1) is 7.98. The number of fused-ring (bicyclic) bond motifs is 1. The van der Waals surface area contributed by atoms with Gasteiger partial charge in [-0.15, -0.1) is 0 Å². The number of aromatic nitrogens is 1. The molecule has 0 aliphatic rings. The molecular weight excluding hydrogens is 166 g/mol. The number of methoxy groups -OCH3 is 1. The topological polar surface area (TPSA) is 45.2 Å². The molecule has 1 aromatic carbocycles. The number of aromatic hydroxyl groups is 1. The van der Waals surface area contributed by atoms with Crippen molar-refractivity contribution < 1.29 is 9.84 Å². The Morgan fingerprint density at radius 3 is 2.85 bits per heavy atom. The van der Waals surface area contributed by atoms with E-state index in [9.17, 15) is 5.11 Å². The smallest absolute Gasteiger partial charge is 0.167 e. The van der Waals surface area contributed by atoms with Gasteiger partial charge >= 0.3 is 0 Å². The number of H-pyrrole nitrogens is 1. The molecule has 3 heteroatoms. The first-order valence-electron chi connectivity index (χ1n) is 4.07. The molecule has 2 N–H and O–H groups in total. The number of aromatic amines is 1. The number of nitrogens with one attached hydrogen (secondary N) is 1. The van der Waals surface area contributed by atoms with Crippen LogP contribution >= 0.6 is 0 Å². The Morgan fingerprint density at radius 2 is 2.15 bits per heavy atom.